The van der Waals surface area contributed by atoms with Gasteiger partial charge in [-0.1, -0.05) is 29.4 Å². The molecule has 0 saturated carbocycles. The van der Waals surface area contributed by atoms with E-state index in [0.717, 1.165) is 4.90 Å². The van der Waals surface area contributed by atoms with E-state index in [9.17, 15) is 4.39 Å². The molecule has 5 heteroatoms. The van der Waals surface area contributed by atoms with Crippen LogP contribution in [0, 0.1) is 5.82 Å². The van der Waals surface area contributed by atoms with Gasteiger partial charge in [0.05, 0.1) is 4.47 Å². The number of nitrogen functional groups attached to an aromatic ring is 1. The van der Waals surface area contributed by atoms with Crippen molar-refractivity contribution in [1.29, 1.82) is 0 Å². The topological polar surface area (TPSA) is 26.0 Å². The molecule has 2 rings (SSSR count). The number of anilines is 1. The lowest BCUT2D eigenvalue weighted by atomic mass is 10.3. The minimum absolute atomic E-state index is 0.330. The average Bonchev–Trinajstić information content (AvgIpc) is 2.26. The fourth-order valence-corrected chi connectivity index (χ4v) is 2.83. The van der Waals surface area contributed by atoms with E-state index in [4.69, 9.17) is 17.3 Å². The van der Waals surface area contributed by atoms with E-state index in [1.807, 2.05) is 18.2 Å². The van der Waals surface area contributed by atoms with Gasteiger partial charge in [-0.25, -0.2) is 4.39 Å². The highest BCUT2D eigenvalue weighted by Gasteiger charge is 2.07. The van der Waals surface area contributed by atoms with Gasteiger partial charge >= 0.3 is 0 Å². The Hall–Kier alpha value is -0.710. The predicted molar refractivity (Wildman–Crippen MR) is 74.1 cm³/mol. The zero-order valence-electron chi connectivity index (χ0n) is 8.58. The van der Waals surface area contributed by atoms with Crippen LogP contribution in [0.1, 0.15) is 0 Å². The minimum Gasteiger partial charge on any atom is -0.398 e. The zero-order valence-corrected chi connectivity index (χ0v) is 11.7. The molecule has 0 unspecified atom stereocenters. The standard InChI is InChI=1S/C12H8BrClFNS/c13-9-5-11(16)12(6-10(9)15)17-8-3-1-2-7(14)4-8/h1-6H,16H2. The Morgan fingerprint density at radius 2 is 2.00 bits per heavy atom. The fraction of sp³-hybridized carbons (Fsp3) is 0. The average molecular weight is 333 g/mol. The SMILES string of the molecule is Nc1cc(Br)c(F)cc1Sc1cccc(Cl)c1. The molecule has 0 aliphatic rings. The molecule has 0 fully saturated rings. The quantitative estimate of drug-likeness (QED) is 0.785. The summed E-state index contributed by atoms with van der Waals surface area (Å²) in [5.74, 6) is -0.330. The second kappa shape index (κ2) is 5.29. The summed E-state index contributed by atoms with van der Waals surface area (Å²) in [4.78, 5) is 1.60. The third-order valence-corrected chi connectivity index (χ3v) is 3.98. The summed E-state index contributed by atoms with van der Waals surface area (Å²) >= 11 is 10.4. The Morgan fingerprint density at radius 1 is 1.24 bits per heavy atom. The number of halogens is 3. The molecule has 0 heterocycles. The molecule has 0 aliphatic carbocycles. The minimum atomic E-state index is -0.330. The number of benzene rings is 2. The van der Waals surface area contributed by atoms with Gasteiger partial charge in [0.1, 0.15) is 5.82 Å². The molecular formula is C12H8BrClFNS. The van der Waals surface area contributed by atoms with Crippen molar-refractivity contribution in [1.82, 2.24) is 0 Å². The first-order chi connectivity index (χ1) is 8.06. The fourth-order valence-electron chi connectivity index (χ4n) is 1.29. The lowest BCUT2D eigenvalue weighted by Gasteiger charge is -2.07. The molecule has 0 atom stereocenters. The van der Waals surface area contributed by atoms with Crippen molar-refractivity contribution in [3.63, 3.8) is 0 Å². The lowest BCUT2D eigenvalue weighted by molar-refractivity contribution is 0.618. The van der Waals surface area contributed by atoms with Gasteiger partial charge in [0.15, 0.2) is 0 Å². The van der Waals surface area contributed by atoms with Crippen LogP contribution in [0.4, 0.5) is 10.1 Å². The van der Waals surface area contributed by atoms with Gasteiger partial charge in [0, 0.05) is 20.5 Å². The Kier molecular flexibility index (Phi) is 3.97. The number of hydrogen-bond donors (Lipinski definition) is 1. The summed E-state index contributed by atoms with van der Waals surface area (Å²) in [5.41, 5.74) is 6.36. The van der Waals surface area contributed by atoms with Gasteiger partial charge in [0.25, 0.3) is 0 Å². The molecule has 17 heavy (non-hydrogen) atoms. The molecule has 1 nitrogen and oxygen atoms in total. The Labute approximate surface area is 116 Å². The van der Waals surface area contributed by atoms with Crippen molar-refractivity contribution in [3.8, 4) is 0 Å². The van der Waals surface area contributed by atoms with Crippen LogP contribution in [0.25, 0.3) is 0 Å². The lowest BCUT2D eigenvalue weighted by Crippen LogP contribution is -1.90. The summed E-state index contributed by atoms with van der Waals surface area (Å²) in [6.45, 7) is 0. The Bertz CT molecular complexity index is 562. The molecule has 0 aromatic heterocycles. The summed E-state index contributed by atoms with van der Waals surface area (Å²) in [6.07, 6.45) is 0. The molecule has 0 radical (unpaired) electrons. The highest BCUT2D eigenvalue weighted by molar-refractivity contribution is 9.10. The molecule has 0 amide bonds. The molecule has 0 spiro atoms. The maximum absolute atomic E-state index is 13.4. The van der Waals surface area contributed by atoms with Crippen LogP contribution in [0.2, 0.25) is 5.02 Å². The Balaban J connectivity index is 2.33. The first kappa shape index (κ1) is 12.7. The summed E-state index contributed by atoms with van der Waals surface area (Å²) < 4.78 is 13.8. The van der Waals surface area contributed by atoms with E-state index in [2.05, 4.69) is 15.9 Å². The van der Waals surface area contributed by atoms with Gasteiger partial charge < -0.3 is 5.73 Å². The third kappa shape index (κ3) is 3.15. The van der Waals surface area contributed by atoms with Crippen molar-refractivity contribution in [2.75, 3.05) is 5.73 Å². The molecule has 2 aromatic rings. The van der Waals surface area contributed by atoms with Crippen LogP contribution in [0.15, 0.2) is 50.7 Å². The number of hydrogen-bond acceptors (Lipinski definition) is 2. The highest BCUT2D eigenvalue weighted by Crippen LogP contribution is 2.35. The van der Waals surface area contributed by atoms with Crippen molar-refractivity contribution in [2.45, 2.75) is 9.79 Å². The van der Waals surface area contributed by atoms with Crippen LogP contribution in [-0.2, 0) is 0 Å². The first-order valence-corrected chi connectivity index (χ1v) is 6.73. The Morgan fingerprint density at radius 3 is 2.71 bits per heavy atom. The number of nitrogens with two attached hydrogens (primary N) is 1. The van der Waals surface area contributed by atoms with E-state index in [1.54, 1.807) is 12.1 Å². The van der Waals surface area contributed by atoms with Crippen molar-refractivity contribution >= 4 is 45.0 Å². The largest absolute Gasteiger partial charge is 0.398 e. The van der Waals surface area contributed by atoms with E-state index >= 15 is 0 Å². The van der Waals surface area contributed by atoms with Crippen molar-refractivity contribution < 1.29 is 4.39 Å². The molecule has 2 N–H and O–H groups in total. The molecule has 2 aromatic carbocycles. The van der Waals surface area contributed by atoms with E-state index < -0.39 is 0 Å². The maximum Gasteiger partial charge on any atom is 0.138 e. The van der Waals surface area contributed by atoms with Crippen molar-refractivity contribution in [3.05, 3.63) is 51.7 Å². The van der Waals surface area contributed by atoms with Crippen LogP contribution < -0.4 is 5.73 Å². The molecule has 0 saturated heterocycles. The maximum atomic E-state index is 13.4. The zero-order chi connectivity index (χ0) is 12.4. The highest BCUT2D eigenvalue weighted by atomic mass is 79.9. The van der Waals surface area contributed by atoms with Gasteiger partial charge in [0.2, 0.25) is 0 Å². The normalized spacial score (nSPS) is 10.5. The third-order valence-electron chi connectivity index (χ3n) is 2.08. The van der Waals surface area contributed by atoms with Gasteiger partial charge in [-0.3, -0.25) is 0 Å². The summed E-state index contributed by atoms with van der Waals surface area (Å²) in [7, 11) is 0. The van der Waals surface area contributed by atoms with Crippen LogP contribution in [-0.4, -0.2) is 0 Å². The van der Waals surface area contributed by atoms with Crippen molar-refractivity contribution in [2.24, 2.45) is 0 Å². The van der Waals surface area contributed by atoms with Crippen LogP contribution in [0.3, 0.4) is 0 Å². The first-order valence-electron chi connectivity index (χ1n) is 4.74. The second-order valence-corrected chi connectivity index (χ2v) is 5.77. The van der Waals surface area contributed by atoms with Gasteiger partial charge in [-0.05, 0) is 46.3 Å². The predicted octanol–water partition coefficient (Wildman–Crippen LogP) is 4.98. The van der Waals surface area contributed by atoms with Crippen LogP contribution in [0.5, 0.6) is 0 Å². The van der Waals surface area contributed by atoms with Gasteiger partial charge in [-0.15, -0.1) is 0 Å². The van der Waals surface area contributed by atoms with E-state index in [-0.39, 0.29) is 5.82 Å². The summed E-state index contributed by atoms with van der Waals surface area (Å²) in [6, 6.07) is 10.3. The number of rotatable bonds is 2. The molecule has 88 valence electrons. The molecule has 0 bridgehead atoms. The molecular weight excluding hydrogens is 325 g/mol. The van der Waals surface area contributed by atoms with Gasteiger partial charge in [-0.2, -0.15) is 0 Å². The monoisotopic (exact) mass is 331 g/mol. The second-order valence-electron chi connectivity index (χ2n) is 3.36. The van der Waals surface area contributed by atoms with E-state index in [0.29, 0.717) is 20.1 Å². The smallest absolute Gasteiger partial charge is 0.138 e. The van der Waals surface area contributed by atoms with E-state index in [1.165, 1.54) is 17.8 Å². The van der Waals surface area contributed by atoms with Crippen LogP contribution >= 0.6 is 39.3 Å². The molecule has 0 aliphatic heterocycles. The summed E-state index contributed by atoms with van der Waals surface area (Å²) in [5, 5.41) is 0.645.